The molecule has 1 atom stereocenters. The molecule has 0 aliphatic carbocycles. The van der Waals surface area contributed by atoms with Crippen LogP contribution in [0.3, 0.4) is 0 Å². The second kappa shape index (κ2) is 7.23. The van der Waals surface area contributed by atoms with Crippen LogP contribution in [0.4, 0.5) is 5.82 Å². The highest BCUT2D eigenvalue weighted by Crippen LogP contribution is 2.31. The van der Waals surface area contributed by atoms with Crippen LogP contribution in [0.25, 0.3) is 11.0 Å². The number of nitrogens with one attached hydrogen (secondary N) is 2. The lowest BCUT2D eigenvalue weighted by Crippen LogP contribution is -2.52. The molecule has 1 aliphatic rings. The Bertz CT molecular complexity index is 995. The van der Waals surface area contributed by atoms with Gasteiger partial charge in [0.25, 0.3) is 5.91 Å². The van der Waals surface area contributed by atoms with E-state index in [4.69, 9.17) is 10.3 Å². The third-order valence-corrected chi connectivity index (χ3v) is 5.20. The summed E-state index contributed by atoms with van der Waals surface area (Å²) < 4.78 is 4.95. The average molecular weight is 383 g/mol. The molecule has 28 heavy (non-hydrogen) atoms. The monoisotopic (exact) mass is 383 g/mol. The molecule has 0 saturated carbocycles. The highest BCUT2D eigenvalue weighted by molar-refractivity contribution is 5.92. The first kappa shape index (κ1) is 18.4. The molecule has 4 rings (SSSR count). The third-order valence-electron chi connectivity index (χ3n) is 5.20. The Labute approximate surface area is 162 Å². The first-order valence-corrected chi connectivity index (χ1v) is 9.55. The third kappa shape index (κ3) is 3.45. The molecule has 0 aromatic carbocycles. The van der Waals surface area contributed by atoms with Crippen LogP contribution in [0.2, 0.25) is 0 Å². The molecule has 9 heteroatoms. The summed E-state index contributed by atoms with van der Waals surface area (Å²) in [5, 5.41) is 7.69. The maximum Gasteiger partial charge on any atom is 0.273 e. The zero-order valence-corrected chi connectivity index (χ0v) is 16.2. The Morgan fingerprint density at radius 1 is 1.46 bits per heavy atom. The molecule has 0 spiro atoms. The normalized spacial score (nSPS) is 19.5. The summed E-state index contributed by atoms with van der Waals surface area (Å²) in [6, 6.07) is 1.61. The second-order valence-corrected chi connectivity index (χ2v) is 7.52. The lowest BCUT2D eigenvalue weighted by Gasteiger charge is -2.25. The van der Waals surface area contributed by atoms with Crippen LogP contribution in [0.15, 0.2) is 23.1 Å². The summed E-state index contributed by atoms with van der Waals surface area (Å²) >= 11 is 0. The lowest BCUT2D eigenvalue weighted by atomic mass is 10.0. The maximum atomic E-state index is 12.2. The largest absolute Gasteiger partial charge is 0.361 e. The number of aryl methyl sites for hydroxylation is 2. The van der Waals surface area contributed by atoms with Crippen LogP contribution in [0, 0.1) is 6.92 Å². The summed E-state index contributed by atoms with van der Waals surface area (Å²) in [7, 11) is 0. The van der Waals surface area contributed by atoms with Crippen molar-refractivity contribution in [2.75, 3.05) is 24.5 Å². The Morgan fingerprint density at radius 3 is 3.07 bits per heavy atom. The van der Waals surface area contributed by atoms with E-state index in [1.54, 1.807) is 19.3 Å². The number of hydrogen-bond donors (Lipinski definition) is 3. The number of hydrogen-bond acceptors (Lipinski definition) is 7. The van der Waals surface area contributed by atoms with Gasteiger partial charge in [0.15, 0.2) is 5.69 Å². The van der Waals surface area contributed by atoms with E-state index in [2.05, 4.69) is 37.2 Å². The van der Waals surface area contributed by atoms with E-state index >= 15 is 0 Å². The molecule has 0 bridgehead atoms. The molecule has 3 aromatic heterocycles. The lowest BCUT2D eigenvalue weighted by molar-refractivity contribution is 0.0936. The van der Waals surface area contributed by atoms with Gasteiger partial charge in [0.2, 0.25) is 0 Å². The van der Waals surface area contributed by atoms with Gasteiger partial charge in [0.05, 0.1) is 10.9 Å². The van der Waals surface area contributed by atoms with Gasteiger partial charge in [-0.15, -0.1) is 0 Å². The van der Waals surface area contributed by atoms with E-state index < -0.39 is 5.54 Å². The number of aromatic nitrogens is 4. The number of fused-ring (bicyclic) bond motifs is 1. The van der Waals surface area contributed by atoms with Crippen molar-refractivity contribution in [3.8, 4) is 0 Å². The Kier molecular flexibility index (Phi) is 4.76. The fraction of sp³-hybridized carbons (Fsp3) is 0.474. The number of carbonyl (C=O) groups excluding carboxylic acids is 1. The molecule has 1 saturated heterocycles. The van der Waals surface area contributed by atoms with E-state index in [-0.39, 0.29) is 11.6 Å². The highest BCUT2D eigenvalue weighted by Gasteiger charge is 2.36. The van der Waals surface area contributed by atoms with Gasteiger partial charge in [-0.25, -0.2) is 9.97 Å². The molecule has 3 aromatic rings. The number of anilines is 1. The molecule has 0 radical (unpaired) electrons. The van der Waals surface area contributed by atoms with Crippen molar-refractivity contribution in [2.45, 2.75) is 38.6 Å². The smallest absolute Gasteiger partial charge is 0.273 e. The molecular weight excluding hydrogens is 358 g/mol. The van der Waals surface area contributed by atoms with E-state index in [9.17, 15) is 4.79 Å². The number of H-pyrrole nitrogens is 1. The first-order chi connectivity index (χ1) is 13.5. The van der Waals surface area contributed by atoms with Crippen LogP contribution in [0.5, 0.6) is 0 Å². The van der Waals surface area contributed by atoms with Gasteiger partial charge in [-0.1, -0.05) is 18.5 Å². The maximum absolute atomic E-state index is 12.2. The van der Waals surface area contributed by atoms with Gasteiger partial charge in [0, 0.05) is 31.9 Å². The van der Waals surface area contributed by atoms with Crippen LogP contribution < -0.4 is 16.0 Å². The van der Waals surface area contributed by atoms with Crippen molar-refractivity contribution in [2.24, 2.45) is 5.73 Å². The highest BCUT2D eigenvalue weighted by atomic mass is 16.5. The minimum Gasteiger partial charge on any atom is -0.361 e. The number of rotatable bonds is 6. The van der Waals surface area contributed by atoms with Crippen molar-refractivity contribution in [3.05, 3.63) is 35.6 Å². The van der Waals surface area contributed by atoms with Gasteiger partial charge in [-0.3, -0.25) is 4.79 Å². The van der Waals surface area contributed by atoms with Crippen molar-refractivity contribution in [1.29, 1.82) is 0 Å². The summed E-state index contributed by atoms with van der Waals surface area (Å²) in [6.45, 7) is 5.64. The zero-order valence-electron chi connectivity index (χ0n) is 16.2. The van der Waals surface area contributed by atoms with Gasteiger partial charge >= 0.3 is 0 Å². The molecule has 1 amide bonds. The van der Waals surface area contributed by atoms with Crippen molar-refractivity contribution < 1.29 is 9.32 Å². The number of carbonyl (C=O) groups is 1. The standard InChI is InChI=1S/C19H25N7O2/c1-3-4-13-8-21-16-15(13)17(24-11-23-16)26-6-5-19(20,10-26)9-22-18(27)14-7-12(2)28-25-14/h7-8,11H,3-6,9-10,20H2,1-2H3,(H,22,27)(H,21,23,24)/t19-/m1/s1. The predicted octanol–water partition coefficient (Wildman–Crippen LogP) is 1.54. The van der Waals surface area contributed by atoms with Crippen molar-refractivity contribution >= 4 is 22.8 Å². The van der Waals surface area contributed by atoms with Crippen molar-refractivity contribution in [3.63, 3.8) is 0 Å². The van der Waals surface area contributed by atoms with Gasteiger partial charge < -0.3 is 25.5 Å². The predicted molar refractivity (Wildman–Crippen MR) is 105 cm³/mol. The molecule has 4 heterocycles. The number of nitrogens with two attached hydrogens (primary N) is 1. The van der Waals surface area contributed by atoms with E-state index in [1.807, 2.05) is 6.20 Å². The minimum atomic E-state index is -0.535. The average Bonchev–Trinajstić information content (AvgIpc) is 3.40. The summed E-state index contributed by atoms with van der Waals surface area (Å²) in [5.74, 6) is 1.22. The first-order valence-electron chi connectivity index (χ1n) is 9.55. The van der Waals surface area contributed by atoms with Gasteiger partial charge in [-0.05, 0) is 25.3 Å². The molecule has 1 fully saturated rings. The molecule has 148 valence electrons. The SMILES string of the molecule is CCCc1c[nH]c2ncnc(N3CC[C@@](N)(CNC(=O)c4cc(C)on4)C3)c12. The fourth-order valence-electron chi connectivity index (χ4n) is 3.76. The number of amides is 1. The van der Waals surface area contributed by atoms with Crippen LogP contribution in [-0.4, -0.2) is 51.2 Å². The topological polar surface area (TPSA) is 126 Å². The van der Waals surface area contributed by atoms with E-state index in [1.165, 1.54) is 5.56 Å². The Morgan fingerprint density at radius 2 is 2.32 bits per heavy atom. The Hall–Kier alpha value is -2.94. The quantitative estimate of drug-likeness (QED) is 0.589. The fourth-order valence-corrected chi connectivity index (χ4v) is 3.76. The van der Waals surface area contributed by atoms with E-state index in [0.29, 0.717) is 18.8 Å². The zero-order chi connectivity index (χ0) is 19.7. The second-order valence-electron chi connectivity index (χ2n) is 7.52. The molecule has 4 N–H and O–H groups in total. The minimum absolute atomic E-state index is 0.269. The van der Waals surface area contributed by atoms with Crippen LogP contribution in [-0.2, 0) is 6.42 Å². The van der Waals surface area contributed by atoms with Crippen molar-refractivity contribution in [1.82, 2.24) is 25.4 Å². The molecule has 0 unspecified atom stereocenters. The van der Waals surface area contributed by atoms with Crippen LogP contribution in [0.1, 0.15) is 41.6 Å². The van der Waals surface area contributed by atoms with Gasteiger partial charge in [0.1, 0.15) is 23.6 Å². The van der Waals surface area contributed by atoms with Gasteiger partial charge in [-0.2, -0.15) is 0 Å². The summed E-state index contributed by atoms with van der Waals surface area (Å²) in [6.07, 6.45) is 6.36. The van der Waals surface area contributed by atoms with E-state index in [0.717, 1.165) is 42.7 Å². The summed E-state index contributed by atoms with van der Waals surface area (Å²) in [4.78, 5) is 26.6. The number of nitrogens with zero attached hydrogens (tertiary/aromatic N) is 4. The number of aromatic amines is 1. The van der Waals surface area contributed by atoms with Crippen LogP contribution >= 0.6 is 0 Å². The summed E-state index contributed by atoms with van der Waals surface area (Å²) in [5.41, 5.74) is 8.38. The molecule has 1 aliphatic heterocycles. The molecular formula is C19H25N7O2. The Balaban J connectivity index is 1.48. The molecule has 9 nitrogen and oxygen atoms in total.